The Morgan fingerprint density at radius 3 is 2.67 bits per heavy atom. The zero-order valence-corrected chi connectivity index (χ0v) is 9.99. The number of halogens is 3. The van der Waals surface area contributed by atoms with Crippen molar-refractivity contribution in [3.63, 3.8) is 0 Å². The zero-order chi connectivity index (χ0) is 13.3. The summed E-state index contributed by atoms with van der Waals surface area (Å²) in [6, 6.07) is -0.320. The van der Waals surface area contributed by atoms with E-state index in [-0.39, 0.29) is 12.0 Å². The van der Waals surface area contributed by atoms with Crippen LogP contribution in [0.3, 0.4) is 0 Å². The van der Waals surface area contributed by atoms with Crippen molar-refractivity contribution in [2.45, 2.75) is 24.9 Å². The Balaban J connectivity index is 2.34. The summed E-state index contributed by atoms with van der Waals surface area (Å²) in [6.45, 7) is 0.530. The number of ether oxygens (including phenoxy) is 2. The molecule has 0 aliphatic carbocycles. The van der Waals surface area contributed by atoms with Crippen molar-refractivity contribution in [3.8, 4) is 0 Å². The number of nitrogens with zero attached hydrogens (tertiary/aromatic N) is 2. The Kier molecular flexibility index (Phi) is 3.49. The van der Waals surface area contributed by atoms with Gasteiger partial charge < -0.3 is 19.4 Å². The second kappa shape index (κ2) is 4.77. The molecule has 1 aromatic heterocycles. The molecule has 18 heavy (non-hydrogen) atoms. The highest BCUT2D eigenvalue weighted by Gasteiger charge is 2.37. The Morgan fingerprint density at radius 2 is 2.11 bits per heavy atom. The van der Waals surface area contributed by atoms with Crippen molar-refractivity contribution < 1.29 is 22.6 Å². The predicted octanol–water partition coefficient (Wildman–Crippen LogP) is 1.88. The van der Waals surface area contributed by atoms with E-state index in [1.807, 2.05) is 0 Å². The van der Waals surface area contributed by atoms with Gasteiger partial charge in [0.05, 0.1) is 6.04 Å². The van der Waals surface area contributed by atoms with Gasteiger partial charge in [0.2, 0.25) is 5.95 Å². The first-order chi connectivity index (χ1) is 8.47. The predicted molar refractivity (Wildman–Crippen MR) is 57.2 cm³/mol. The van der Waals surface area contributed by atoms with Crippen molar-refractivity contribution in [2.75, 3.05) is 26.1 Å². The van der Waals surface area contributed by atoms with Crippen LogP contribution >= 0.6 is 0 Å². The fourth-order valence-corrected chi connectivity index (χ4v) is 2.06. The van der Waals surface area contributed by atoms with Gasteiger partial charge >= 0.3 is 6.18 Å². The number of alkyl halides is 3. The van der Waals surface area contributed by atoms with Crippen molar-refractivity contribution in [1.82, 2.24) is 9.55 Å². The minimum Gasteiger partial charge on any atom is -0.356 e. The van der Waals surface area contributed by atoms with E-state index in [4.69, 9.17) is 9.47 Å². The van der Waals surface area contributed by atoms with Crippen LogP contribution in [0.2, 0.25) is 0 Å². The van der Waals surface area contributed by atoms with E-state index in [0.717, 1.165) is 6.20 Å². The molecule has 0 saturated carbocycles. The molecule has 0 saturated heterocycles. The highest BCUT2D eigenvalue weighted by Crippen LogP contribution is 2.34. The van der Waals surface area contributed by atoms with Gasteiger partial charge in [-0.15, -0.1) is 0 Å². The lowest BCUT2D eigenvalue weighted by Gasteiger charge is -2.30. The van der Waals surface area contributed by atoms with Crippen LogP contribution in [0.5, 0.6) is 0 Å². The highest BCUT2D eigenvalue weighted by molar-refractivity contribution is 5.33. The molecule has 1 aliphatic rings. The Hall–Kier alpha value is -1.28. The van der Waals surface area contributed by atoms with Crippen molar-refractivity contribution in [3.05, 3.63) is 11.9 Å². The summed E-state index contributed by atoms with van der Waals surface area (Å²) in [4.78, 5) is 3.54. The normalized spacial score (nSPS) is 19.8. The molecule has 5 nitrogen and oxygen atoms in total. The van der Waals surface area contributed by atoms with Crippen LogP contribution in [0.4, 0.5) is 19.1 Å². The highest BCUT2D eigenvalue weighted by atomic mass is 19.4. The van der Waals surface area contributed by atoms with Gasteiger partial charge in [0.15, 0.2) is 12.0 Å². The SMILES string of the molecule is COC(OC)C1CCNc2nc(C(F)(F)F)cn21. The molecule has 1 aliphatic heterocycles. The van der Waals surface area contributed by atoms with Gasteiger partial charge in [0, 0.05) is 27.0 Å². The third-order valence-corrected chi connectivity index (χ3v) is 2.88. The van der Waals surface area contributed by atoms with E-state index < -0.39 is 18.2 Å². The molecule has 0 radical (unpaired) electrons. The summed E-state index contributed by atoms with van der Waals surface area (Å²) in [6.07, 6.45) is -3.46. The average Bonchev–Trinajstić information content (AvgIpc) is 2.75. The third-order valence-electron chi connectivity index (χ3n) is 2.88. The van der Waals surface area contributed by atoms with E-state index in [1.54, 1.807) is 0 Å². The van der Waals surface area contributed by atoms with Crippen LogP contribution in [0.25, 0.3) is 0 Å². The van der Waals surface area contributed by atoms with E-state index in [1.165, 1.54) is 18.8 Å². The fourth-order valence-electron chi connectivity index (χ4n) is 2.06. The lowest BCUT2D eigenvalue weighted by Crippen LogP contribution is -2.33. The van der Waals surface area contributed by atoms with Gasteiger partial charge in [0.25, 0.3) is 0 Å². The molecule has 1 atom stereocenters. The van der Waals surface area contributed by atoms with Gasteiger partial charge in [-0.2, -0.15) is 13.2 Å². The minimum absolute atomic E-state index is 0.192. The van der Waals surface area contributed by atoms with Crippen LogP contribution < -0.4 is 5.32 Å². The van der Waals surface area contributed by atoms with Gasteiger partial charge in [-0.25, -0.2) is 4.98 Å². The zero-order valence-electron chi connectivity index (χ0n) is 9.99. The number of aromatic nitrogens is 2. The molecule has 0 bridgehead atoms. The molecule has 8 heteroatoms. The lowest BCUT2D eigenvalue weighted by atomic mass is 10.1. The monoisotopic (exact) mass is 265 g/mol. The van der Waals surface area contributed by atoms with E-state index in [9.17, 15) is 13.2 Å². The number of hydrogen-bond donors (Lipinski definition) is 1. The number of fused-ring (bicyclic) bond motifs is 1. The second-order valence-electron chi connectivity index (χ2n) is 3.98. The van der Waals surface area contributed by atoms with Crippen LogP contribution in [0.1, 0.15) is 18.2 Å². The number of anilines is 1. The smallest absolute Gasteiger partial charge is 0.356 e. The van der Waals surface area contributed by atoms with Crippen LogP contribution in [0, 0.1) is 0 Å². The standard InChI is InChI=1S/C10H14F3N3O2/c1-17-8(18-2)6-3-4-14-9-15-7(5-16(6)9)10(11,12)13/h5-6,8H,3-4H2,1-2H3,(H,14,15). The Morgan fingerprint density at radius 1 is 1.44 bits per heavy atom. The van der Waals surface area contributed by atoms with Crippen LogP contribution in [-0.2, 0) is 15.7 Å². The van der Waals surface area contributed by atoms with Crippen molar-refractivity contribution >= 4 is 5.95 Å². The number of hydrogen-bond acceptors (Lipinski definition) is 4. The summed E-state index contributed by atoms with van der Waals surface area (Å²) in [5.41, 5.74) is -0.914. The maximum atomic E-state index is 12.6. The first kappa shape index (κ1) is 13.2. The molecule has 1 unspecified atom stereocenters. The summed E-state index contributed by atoms with van der Waals surface area (Å²) < 4.78 is 49.4. The Bertz CT molecular complexity index is 415. The number of rotatable bonds is 3. The number of imidazole rings is 1. The minimum atomic E-state index is -4.45. The van der Waals surface area contributed by atoms with Crippen LogP contribution in [0.15, 0.2) is 6.20 Å². The average molecular weight is 265 g/mol. The largest absolute Gasteiger partial charge is 0.434 e. The molecule has 0 spiro atoms. The number of methoxy groups -OCH3 is 2. The van der Waals surface area contributed by atoms with Gasteiger partial charge in [-0.05, 0) is 6.42 Å². The maximum Gasteiger partial charge on any atom is 0.434 e. The molecular weight excluding hydrogens is 251 g/mol. The number of nitrogens with one attached hydrogen (secondary N) is 1. The summed E-state index contributed by atoms with van der Waals surface area (Å²) in [5, 5.41) is 2.83. The molecule has 2 heterocycles. The summed E-state index contributed by atoms with van der Waals surface area (Å²) in [5.74, 6) is 0.192. The van der Waals surface area contributed by atoms with Crippen molar-refractivity contribution in [1.29, 1.82) is 0 Å². The summed E-state index contributed by atoms with van der Waals surface area (Å²) in [7, 11) is 2.91. The van der Waals surface area contributed by atoms with Gasteiger partial charge in [-0.1, -0.05) is 0 Å². The molecule has 0 fully saturated rings. The van der Waals surface area contributed by atoms with E-state index >= 15 is 0 Å². The van der Waals surface area contributed by atoms with Gasteiger partial charge in [0.1, 0.15) is 0 Å². The van der Waals surface area contributed by atoms with E-state index in [2.05, 4.69) is 10.3 Å². The fraction of sp³-hybridized carbons (Fsp3) is 0.700. The van der Waals surface area contributed by atoms with Crippen LogP contribution in [-0.4, -0.2) is 36.6 Å². The lowest BCUT2D eigenvalue weighted by molar-refractivity contribution is -0.142. The molecule has 2 rings (SSSR count). The first-order valence-electron chi connectivity index (χ1n) is 5.43. The molecule has 0 aromatic carbocycles. The van der Waals surface area contributed by atoms with E-state index in [0.29, 0.717) is 13.0 Å². The van der Waals surface area contributed by atoms with Crippen molar-refractivity contribution in [2.24, 2.45) is 0 Å². The molecule has 102 valence electrons. The van der Waals surface area contributed by atoms with Gasteiger partial charge in [-0.3, -0.25) is 0 Å². The topological polar surface area (TPSA) is 48.3 Å². The Labute approximate surface area is 102 Å². The third kappa shape index (κ3) is 2.30. The maximum absolute atomic E-state index is 12.6. The second-order valence-corrected chi connectivity index (χ2v) is 3.98. The first-order valence-corrected chi connectivity index (χ1v) is 5.43. The molecule has 0 amide bonds. The molecule has 1 N–H and O–H groups in total. The molecular formula is C10H14F3N3O2. The summed E-state index contributed by atoms with van der Waals surface area (Å²) >= 11 is 0. The molecule has 1 aromatic rings. The quantitative estimate of drug-likeness (QED) is 0.848.